The number of hydrogen-bond donors (Lipinski definition) is 3. The lowest BCUT2D eigenvalue weighted by atomic mass is 9.97. The summed E-state index contributed by atoms with van der Waals surface area (Å²) < 4.78 is 5.28. The number of carbonyl (C=O) groups is 1. The monoisotopic (exact) mass is 336 g/mol. The number of hydrogen-bond acceptors (Lipinski definition) is 3. The van der Waals surface area contributed by atoms with Crippen molar-refractivity contribution in [1.29, 1.82) is 0 Å². The van der Waals surface area contributed by atoms with Crippen LogP contribution in [0.1, 0.15) is 10.4 Å². The molecule has 126 valence electrons. The van der Waals surface area contributed by atoms with Gasteiger partial charge >= 0.3 is 0 Å². The Morgan fingerprint density at radius 3 is 2.60 bits per heavy atom. The molecule has 0 saturated carbocycles. The van der Waals surface area contributed by atoms with E-state index >= 15 is 0 Å². The van der Waals surface area contributed by atoms with Crippen LogP contribution in [-0.4, -0.2) is 24.0 Å². The van der Waals surface area contributed by atoms with Gasteiger partial charge in [0, 0.05) is 17.2 Å². The van der Waals surface area contributed by atoms with Crippen molar-refractivity contribution in [2.24, 2.45) is 16.5 Å². The van der Waals surface area contributed by atoms with E-state index in [1.807, 2.05) is 24.3 Å². The van der Waals surface area contributed by atoms with Gasteiger partial charge in [0.1, 0.15) is 0 Å². The zero-order valence-electron chi connectivity index (χ0n) is 13.4. The van der Waals surface area contributed by atoms with Crippen LogP contribution in [0, 0.1) is 0 Å². The molecule has 1 heterocycles. The third kappa shape index (κ3) is 3.20. The van der Waals surface area contributed by atoms with Gasteiger partial charge in [-0.2, -0.15) is 4.99 Å². The third-order valence-corrected chi connectivity index (χ3v) is 3.74. The Kier molecular flexibility index (Phi) is 4.21. The maximum absolute atomic E-state index is 12.0. The Bertz CT molecular complexity index is 1050. The Morgan fingerprint density at radius 2 is 1.88 bits per heavy atom. The molecule has 0 atom stereocenters. The number of ether oxygens (including phenoxy) is 1. The molecular formula is C18H16N4O3. The van der Waals surface area contributed by atoms with Gasteiger partial charge in [-0.15, -0.1) is 0 Å². The van der Waals surface area contributed by atoms with Gasteiger partial charge in [-0.25, -0.2) is 0 Å². The highest BCUT2D eigenvalue weighted by Gasteiger charge is 2.12. The zero-order valence-corrected chi connectivity index (χ0v) is 13.4. The van der Waals surface area contributed by atoms with Crippen molar-refractivity contribution in [3.05, 3.63) is 64.4 Å². The maximum atomic E-state index is 12.0. The molecule has 0 spiro atoms. The number of aromatic nitrogens is 1. The van der Waals surface area contributed by atoms with E-state index in [0.717, 1.165) is 21.9 Å². The first-order valence-electron chi connectivity index (χ1n) is 7.44. The minimum Gasteiger partial charge on any atom is -0.482 e. The van der Waals surface area contributed by atoms with Crippen LogP contribution in [-0.2, 0) is 0 Å². The van der Waals surface area contributed by atoms with Crippen LogP contribution in [0.15, 0.2) is 58.3 Å². The highest BCUT2D eigenvalue weighted by Crippen LogP contribution is 2.33. The van der Waals surface area contributed by atoms with Crippen LogP contribution in [0.5, 0.6) is 5.88 Å². The van der Waals surface area contributed by atoms with Crippen molar-refractivity contribution in [2.45, 2.75) is 0 Å². The lowest BCUT2D eigenvalue weighted by Crippen LogP contribution is -2.24. The number of aliphatic imine (C=N–C) groups is 1. The number of carbonyl (C=O) groups excluding carboxylic acids is 1. The smallest absolute Gasteiger partial charge is 0.280 e. The molecule has 0 aliphatic carbocycles. The van der Waals surface area contributed by atoms with E-state index in [4.69, 9.17) is 16.2 Å². The van der Waals surface area contributed by atoms with E-state index in [9.17, 15) is 9.59 Å². The molecule has 0 saturated heterocycles. The fourth-order valence-electron chi connectivity index (χ4n) is 2.66. The molecule has 0 radical (unpaired) electrons. The fraction of sp³-hybridized carbons (Fsp3) is 0.0556. The van der Waals surface area contributed by atoms with Gasteiger partial charge in [0.05, 0.1) is 7.11 Å². The molecule has 0 unspecified atom stereocenters. The summed E-state index contributed by atoms with van der Waals surface area (Å²) >= 11 is 0. The number of H-pyrrole nitrogens is 1. The normalized spacial score (nSPS) is 10.4. The second-order valence-electron chi connectivity index (χ2n) is 5.35. The largest absolute Gasteiger partial charge is 0.482 e. The predicted octanol–water partition coefficient (Wildman–Crippen LogP) is 1.62. The number of aromatic amines is 1. The standard InChI is InChI=1S/C18H16N4O3/c1-25-17-14(7-8-15(23)21-17)13-4-2-3-10-9-11(5-6-12(10)13)16(24)22-18(19)20/h2-9H,1H3,(H,21,23)(H4,19,20,22,24). The molecule has 2 aromatic carbocycles. The van der Waals surface area contributed by atoms with Crippen LogP contribution in [0.4, 0.5) is 0 Å². The average Bonchev–Trinajstić information content (AvgIpc) is 2.60. The summed E-state index contributed by atoms with van der Waals surface area (Å²) in [7, 11) is 1.49. The second-order valence-corrected chi connectivity index (χ2v) is 5.35. The molecule has 3 rings (SSSR count). The second kappa shape index (κ2) is 6.48. The Morgan fingerprint density at radius 1 is 1.08 bits per heavy atom. The minimum atomic E-state index is -0.506. The summed E-state index contributed by atoms with van der Waals surface area (Å²) in [6.45, 7) is 0. The highest BCUT2D eigenvalue weighted by molar-refractivity contribution is 6.06. The Hall–Kier alpha value is -3.61. The lowest BCUT2D eigenvalue weighted by Gasteiger charge is -2.11. The van der Waals surface area contributed by atoms with Crippen molar-refractivity contribution in [1.82, 2.24) is 4.98 Å². The van der Waals surface area contributed by atoms with Gasteiger partial charge in [-0.05, 0) is 34.5 Å². The first-order chi connectivity index (χ1) is 12.0. The van der Waals surface area contributed by atoms with E-state index < -0.39 is 5.91 Å². The number of pyridine rings is 1. The summed E-state index contributed by atoms with van der Waals surface area (Å²) in [5.41, 5.74) is 12.3. The molecule has 5 N–H and O–H groups in total. The molecule has 1 amide bonds. The van der Waals surface area contributed by atoms with Crippen molar-refractivity contribution >= 4 is 22.6 Å². The SMILES string of the molecule is COc1[nH]c(=O)ccc1-c1cccc2cc(C(=O)N=C(N)N)ccc12. The zero-order chi connectivity index (χ0) is 18.0. The van der Waals surface area contributed by atoms with Gasteiger partial charge in [0.2, 0.25) is 5.88 Å². The molecule has 25 heavy (non-hydrogen) atoms. The lowest BCUT2D eigenvalue weighted by molar-refractivity contribution is 0.100. The fourth-order valence-corrected chi connectivity index (χ4v) is 2.66. The molecule has 0 aliphatic heterocycles. The molecule has 1 aromatic heterocycles. The topological polar surface area (TPSA) is 124 Å². The number of nitrogens with two attached hydrogens (primary N) is 2. The molecule has 7 heteroatoms. The number of guanidine groups is 1. The summed E-state index contributed by atoms with van der Waals surface area (Å²) in [4.78, 5) is 29.7. The van der Waals surface area contributed by atoms with E-state index in [1.165, 1.54) is 13.2 Å². The number of rotatable bonds is 3. The van der Waals surface area contributed by atoms with Crippen molar-refractivity contribution in [3.8, 4) is 17.0 Å². The molecular weight excluding hydrogens is 320 g/mol. The summed E-state index contributed by atoms with van der Waals surface area (Å²) in [5, 5.41) is 1.73. The Labute approximate surface area is 142 Å². The van der Waals surface area contributed by atoms with Gasteiger partial charge in [-0.1, -0.05) is 24.3 Å². The van der Waals surface area contributed by atoms with E-state index in [1.54, 1.807) is 18.2 Å². The number of fused-ring (bicyclic) bond motifs is 1. The first-order valence-corrected chi connectivity index (χ1v) is 7.44. The van der Waals surface area contributed by atoms with Gasteiger partial charge in [0.15, 0.2) is 5.96 Å². The third-order valence-electron chi connectivity index (χ3n) is 3.74. The van der Waals surface area contributed by atoms with Crippen LogP contribution in [0.2, 0.25) is 0 Å². The average molecular weight is 336 g/mol. The summed E-state index contributed by atoms with van der Waals surface area (Å²) in [6, 6.07) is 14.0. The van der Waals surface area contributed by atoms with Crippen LogP contribution < -0.4 is 21.8 Å². The van der Waals surface area contributed by atoms with Crippen molar-refractivity contribution in [3.63, 3.8) is 0 Å². The molecule has 0 fully saturated rings. The number of methoxy groups -OCH3 is 1. The highest BCUT2D eigenvalue weighted by atomic mass is 16.5. The molecule has 7 nitrogen and oxygen atoms in total. The maximum Gasteiger partial charge on any atom is 0.280 e. The first kappa shape index (κ1) is 16.3. The van der Waals surface area contributed by atoms with Gasteiger partial charge < -0.3 is 16.2 Å². The van der Waals surface area contributed by atoms with E-state index in [2.05, 4.69) is 9.98 Å². The van der Waals surface area contributed by atoms with Crippen LogP contribution in [0.3, 0.4) is 0 Å². The van der Waals surface area contributed by atoms with Crippen LogP contribution in [0.25, 0.3) is 21.9 Å². The van der Waals surface area contributed by atoms with Crippen molar-refractivity contribution in [2.75, 3.05) is 7.11 Å². The predicted molar refractivity (Wildman–Crippen MR) is 96.7 cm³/mol. The molecule has 0 aliphatic rings. The van der Waals surface area contributed by atoms with Crippen LogP contribution >= 0.6 is 0 Å². The minimum absolute atomic E-state index is 0.244. The van der Waals surface area contributed by atoms with E-state index in [0.29, 0.717) is 11.4 Å². The Balaban J connectivity index is 2.18. The van der Waals surface area contributed by atoms with Gasteiger partial charge in [-0.3, -0.25) is 14.6 Å². The van der Waals surface area contributed by atoms with Gasteiger partial charge in [0.25, 0.3) is 11.5 Å². The van der Waals surface area contributed by atoms with E-state index in [-0.39, 0.29) is 11.5 Å². The molecule has 0 bridgehead atoms. The quantitative estimate of drug-likeness (QED) is 0.495. The number of benzene rings is 2. The summed E-state index contributed by atoms with van der Waals surface area (Å²) in [5.74, 6) is -0.411. The number of nitrogens with one attached hydrogen (secondary N) is 1. The van der Waals surface area contributed by atoms with Crippen molar-refractivity contribution < 1.29 is 9.53 Å². The number of amides is 1. The summed E-state index contributed by atoms with van der Waals surface area (Å²) in [6.07, 6.45) is 0. The number of nitrogens with zero attached hydrogens (tertiary/aromatic N) is 1. The molecule has 3 aromatic rings.